The highest BCUT2D eigenvalue weighted by Crippen LogP contribution is 2.27. The van der Waals surface area contributed by atoms with Crippen molar-refractivity contribution >= 4 is 35.8 Å². The van der Waals surface area contributed by atoms with Crippen molar-refractivity contribution in [2.75, 3.05) is 12.4 Å². The summed E-state index contributed by atoms with van der Waals surface area (Å²) in [7, 11) is 0. The molecule has 4 heteroatoms. The summed E-state index contributed by atoms with van der Waals surface area (Å²) in [5, 5.41) is 1.18. The zero-order valence-corrected chi connectivity index (χ0v) is 9.82. The molecule has 1 nitrogen and oxygen atoms in total. The van der Waals surface area contributed by atoms with Crippen LogP contribution in [0.2, 0.25) is 10.0 Å². The first kappa shape index (κ1) is 11.8. The van der Waals surface area contributed by atoms with E-state index in [2.05, 4.69) is 12.6 Å². The lowest BCUT2D eigenvalue weighted by Crippen LogP contribution is -1.93. The van der Waals surface area contributed by atoms with Gasteiger partial charge in [0.05, 0.1) is 5.02 Å². The second-order valence-electron chi connectivity index (χ2n) is 2.54. The molecule has 0 spiro atoms. The van der Waals surface area contributed by atoms with Crippen molar-refractivity contribution in [3.8, 4) is 5.75 Å². The lowest BCUT2D eigenvalue weighted by atomic mass is 10.3. The molecule has 1 rings (SSSR count). The molecular formula is C10H10Cl2OS. The van der Waals surface area contributed by atoms with Crippen molar-refractivity contribution in [1.82, 2.24) is 0 Å². The van der Waals surface area contributed by atoms with Crippen LogP contribution in [-0.2, 0) is 0 Å². The Morgan fingerprint density at radius 3 is 2.79 bits per heavy atom. The lowest BCUT2D eigenvalue weighted by Gasteiger charge is -2.05. The Labute approximate surface area is 99.1 Å². The summed E-state index contributed by atoms with van der Waals surface area (Å²) in [6, 6.07) is 5.13. The third kappa shape index (κ3) is 3.82. The van der Waals surface area contributed by atoms with Gasteiger partial charge in [0.1, 0.15) is 12.4 Å². The highest BCUT2D eigenvalue weighted by molar-refractivity contribution is 7.80. The van der Waals surface area contributed by atoms with Gasteiger partial charge in [-0.2, -0.15) is 12.6 Å². The largest absolute Gasteiger partial charge is 0.488 e. The van der Waals surface area contributed by atoms with Gasteiger partial charge in [0.15, 0.2) is 0 Å². The van der Waals surface area contributed by atoms with E-state index < -0.39 is 0 Å². The van der Waals surface area contributed by atoms with Crippen LogP contribution in [0.4, 0.5) is 0 Å². The predicted molar refractivity (Wildman–Crippen MR) is 65.0 cm³/mol. The minimum Gasteiger partial charge on any atom is -0.488 e. The summed E-state index contributed by atoms with van der Waals surface area (Å²) in [4.78, 5) is 0. The molecule has 0 aromatic heterocycles. The van der Waals surface area contributed by atoms with Gasteiger partial charge in [0, 0.05) is 16.8 Å². The minimum absolute atomic E-state index is 0.473. The van der Waals surface area contributed by atoms with Crippen molar-refractivity contribution < 1.29 is 4.74 Å². The molecule has 0 atom stereocenters. The van der Waals surface area contributed by atoms with E-state index in [4.69, 9.17) is 27.9 Å². The Balaban J connectivity index is 2.57. The molecule has 0 amide bonds. The van der Waals surface area contributed by atoms with Crippen LogP contribution in [0.1, 0.15) is 0 Å². The van der Waals surface area contributed by atoms with Crippen molar-refractivity contribution in [1.29, 1.82) is 0 Å². The maximum Gasteiger partial charge on any atom is 0.139 e. The number of hydrogen-bond donors (Lipinski definition) is 1. The zero-order chi connectivity index (χ0) is 10.4. The highest BCUT2D eigenvalue weighted by atomic mass is 35.5. The monoisotopic (exact) mass is 248 g/mol. The molecule has 76 valence electrons. The maximum atomic E-state index is 5.89. The number of ether oxygens (including phenoxy) is 1. The number of halogens is 2. The van der Waals surface area contributed by atoms with E-state index in [0.29, 0.717) is 28.2 Å². The molecule has 0 unspecified atom stereocenters. The number of hydrogen-bond acceptors (Lipinski definition) is 2. The smallest absolute Gasteiger partial charge is 0.139 e. The molecule has 0 aliphatic rings. The fourth-order valence-corrected chi connectivity index (χ4v) is 1.35. The van der Waals surface area contributed by atoms with Crippen LogP contribution < -0.4 is 4.74 Å². The predicted octanol–water partition coefficient (Wildman–Crippen LogP) is 3.86. The van der Waals surface area contributed by atoms with Crippen molar-refractivity contribution in [3.05, 3.63) is 40.4 Å². The van der Waals surface area contributed by atoms with Crippen LogP contribution in [0, 0.1) is 0 Å². The number of rotatable bonds is 4. The summed E-state index contributed by atoms with van der Waals surface area (Å²) < 4.78 is 5.38. The third-order valence-corrected chi connectivity index (χ3v) is 2.26. The first-order valence-corrected chi connectivity index (χ1v) is 5.46. The molecule has 0 aliphatic heterocycles. The fourth-order valence-electron chi connectivity index (χ4n) is 0.868. The first-order valence-electron chi connectivity index (χ1n) is 4.07. The van der Waals surface area contributed by atoms with Crippen LogP contribution in [0.5, 0.6) is 5.75 Å². The summed E-state index contributed by atoms with van der Waals surface area (Å²) in [5.41, 5.74) is 0. The van der Waals surface area contributed by atoms with E-state index in [-0.39, 0.29) is 0 Å². The van der Waals surface area contributed by atoms with E-state index >= 15 is 0 Å². The van der Waals surface area contributed by atoms with Crippen LogP contribution in [0.25, 0.3) is 0 Å². The van der Waals surface area contributed by atoms with E-state index in [9.17, 15) is 0 Å². The SMILES string of the molecule is SCC=CCOc1cc(Cl)ccc1Cl. The number of thiol groups is 1. The van der Waals surface area contributed by atoms with Gasteiger partial charge in [-0.3, -0.25) is 0 Å². The standard InChI is InChI=1S/C10H10Cl2OS/c11-8-3-4-9(12)10(7-8)13-5-1-2-6-14/h1-4,7,14H,5-6H2. The molecule has 0 radical (unpaired) electrons. The maximum absolute atomic E-state index is 5.89. The van der Waals surface area contributed by atoms with E-state index in [0.717, 1.165) is 0 Å². The van der Waals surface area contributed by atoms with E-state index in [1.54, 1.807) is 18.2 Å². The first-order chi connectivity index (χ1) is 6.74. The Bertz CT molecular complexity index is 326. The summed E-state index contributed by atoms with van der Waals surface area (Å²) in [6.45, 7) is 0.473. The van der Waals surface area contributed by atoms with Crippen molar-refractivity contribution in [3.63, 3.8) is 0 Å². The summed E-state index contributed by atoms with van der Waals surface area (Å²) in [5.74, 6) is 1.30. The number of benzene rings is 1. The Hall–Kier alpha value is -0.310. The molecule has 1 aromatic rings. The molecular weight excluding hydrogens is 239 g/mol. The van der Waals surface area contributed by atoms with Gasteiger partial charge in [0.25, 0.3) is 0 Å². The average Bonchev–Trinajstić information content (AvgIpc) is 2.18. The van der Waals surface area contributed by atoms with Crippen LogP contribution >= 0.6 is 35.8 Å². The lowest BCUT2D eigenvalue weighted by molar-refractivity contribution is 0.363. The molecule has 0 bridgehead atoms. The second-order valence-corrected chi connectivity index (χ2v) is 3.75. The summed E-state index contributed by atoms with van der Waals surface area (Å²) >= 11 is 15.7. The van der Waals surface area contributed by atoms with Gasteiger partial charge < -0.3 is 4.74 Å². The normalized spacial score (nSPS) is 10.8. The second kappa shape index (κ2) is 6.23. The average molecular weight is 249 g/mol. The van der Waals surface area contributed by atoms with Gasteiger partial charge in [-0.05, 0) is 12.1 Å². The molecule has 0 aliphatic carbocycles. The topological polar surface area (TPSA) is 9.23 Å². The molecule has 0 saturated carbocycles. The van der Waals surface area contributed by atoms with Gasteiger partial charge >= 0.3 is 0 Å². The van der Waals surface area contributed by atoms with Gasteiger partial charge in [-0.15, -0.1) is 0 Å². The van der Waals surface area contributed by atoms with E-state index in [1.807, 2.05) is 12.2 Å². The van der Waals surface area contributed by atoms with Crippen LogP contribution in [0.15, 0.2) is 30.4 Å². The molecule has 14 heavy (non-hydrogen) atoms. The molecule has 0 heterocycles. The quantitative estimate of drug-likeness (QED) is 0.629. The molecule has 0 N–H and O–H groups in total. The Kier molecular flexibility index (Phi) is 5.23. The van der Waals surface area contributed by atoms with Crippen molar-refractivity contribution in [2.45, 2.75) is 0 Å². The Morgan fingerprint density at radius 2 is 2.07 bits per heavy atom. The molecule has 0 fully saturated rings. The third-order valence-electron chi connectivity index (χ3n) is 1.50. The Morgan fingerprint density at radius 1 is 1.29 bits per heavy atom. The molecule has 1 aromatic carbocycles. The zero-order valence-electron chi connectivity index (χ0n) is 7.41. The van der Waals surface area contributed by atoms with Gasteiger partial charge in [-0.25, -0.2) is 0 Å². The van der Waals surface area contributed by atoms with E-state index in [1.165, 1.54) is 0 Å². The van der Waals surface area contributed by atoms with Gasteiger partial charge in [0.2, 0.25) is 0 Å². The van der Waals surface area contributed by atoms with Gasteiger partial charge in [-0.1, -0.05) is 35.4 Å². The minimum atomic E-state index is 0.473. The fraction of sp³-hybridized carbons (Fsp3) is 0.200. The molecule has 0 saturated heterocycles. The van der Waals surface area contributed by atoms with Crippen LogP contribution in [0.3, 0.4) is 0 Å². The summed E-state index contributed by atoms with van der Waals surface area (Å²) in [6.07, 6.45) is 3.78. The van der Waals surface area contributed by atoms with Crippen molar-refractivity contribution in [2.24, 2.45) is 0 Å². The van der Waals surface area contributed by atoms with Crippen LogP contribution in [-0.4, -0.2) is 12.4 Å². The highest BCUT2D eigenvalue weighted by Gasteiger charge is 2.00.